The smallest absolute Gasteiger partial charge is 0.253 e. The highest BCUT2D eigenvalue weighted by Crippen LogP contribution is 2.22. The first-order chi connectivity index (χ1) is 14.5. The van der Waals surface area contributed by atoms with Crippen molar-refractivity contribution in [3.63, 3.8) is 0 Å². The van der Waals surface area contributed by atoms with Crippen LogP contribution in [0.4, 0.5) is 5.82 Å². The molecule has 0 N–H and O–H groups in total. The lowest BCUT2D eigenvalue weighted by Gasteiger charge is -2.35. The van der Waals surface area contributed by atoms with Gasteiger partial charge in [-0.2, -0.15) is 0 Å². The molecular formula is C25H28N4O. The fourth-order valence-corrected chi connectivity index (χ4v) is 3.83. The Hall–Kier alpha value is -3.21. The maximum atomic E-state index is 12.8. The van der Waals surface area contributed by atoms with Crippen molar-refractivity contribution in [2.45, 2.75) is 27.2 Å². The Balaban J connectivity index is 1.46. The summed E-state index contributed by atoms with van der Waals surface area (Å²) in [6.45, 7) is 9.12. The normalized spacial score (nSPS) is 14.1. The number of aryl methyl sites for hydroxylation is 3. The van der Waals surface area contributed by atoms with Gasteiger partial charge in [-0.3, -0.25) is 4.79 Å². The number of benzene rings is 2. The van der Waals surface area contributed by atoms with Gasteiger partial charge in [0.15, 0.2) is 5.82 Å². The quantitative estimate of drug-likeness (QED) is 0.656. The Morgan fingerprint density at radius 1 is 0.933 bits per heavy atom. The number of amides is 1. The van der Waals surface area contributed by atoms with Crippen LogP contribution < -0.4 is 4.90 Å². The molecule has 3 aromatic rings. The summed E-state index contributed by atoms with van der Waals surface area (Å²) < 4.78 is 0. The second-order valence-electron chi connectivity index (χ2n) is 7.89. The van der Waals surface area contributed by atoms with Crippen molar-refractivity contribution in [2.75, 3.05) is 31.1 Å². The summed E-state index contributed by atoms with van der Waals surface area (Å²) >= 11 is 0. The molecule has 0 radical (unpaired) electrons. The number of nitrogens with zero attached hydrogens (tertiary/aromatic N) is 4. The van der Waals surface area contributed by atoms with E-state index in [1.165, 1.54) is 11.1 Å². The van der Waals surface area contributed by atoms with Crippen molar-refractivity contribution in [1.29, 1.82) is 0 Å². The van der Waals surface area contributed by atoms with Gasteiger partial charge in [0, 0.05) is 49.1 Å². The van der Waals surface area contributed by atoms with Crippen LogP contribution in [0, 0.1) is 13.8 Å². The minimum Gasteiger partial charge on any atom is -0.353 e. The molecule has 4 rings (SSSR count). The van der Waals surface area contributed by atoms with E-state index in [4.69, 9.17) is 4.98 Å². The van der Waals surface area contributed by atoms with Crippen LogP contribution in [-0.2, 0) is 6.42 Å². The molecule has 2 aromatic carbocycles. The largest absolute Gasteiger partial charge is 0.353 e. The van der Waals surface area contributed by atoms with Crippen LogP contribution in [0.5, 0.6) is 0 Å². The van der Waals surface area contributed by atoms with E-state index in [2.05, 4.69) is 35.9 Å². The molecule has 1 aliphatic rings. The number of carbonyl (C=O) groups excluding carboxylic acids is 1. The van der Waals surface area contributed by atoms with Crippen LogP contribution in [0.1, 0.15) is 34.1 Å². The first-order valence-corrected chi connectivity index (χ1v) is 10.6. The Morgan fingerprint density at radius 2 is 1.67 bits per heavy atom. The average Bonchev–Trinajstić information content (AvgIpc) is 2.78. The lowest BCUT2D eigenvalue weighted by Crippen LogP contribution is -2.49. The molecule has 1 fully saturated rings. The Bertz CT molecular complexity index is 1040. The number of rotatable bonds is 4. The fraction of sp³-hybridized carbons (Fsp3) is 0.320. The molecule has 1 aromatic heterocycles. The van der Waals surface area contributed by atoms with Gasteiger partial charge in [-0.15, -0.1) is 0 Å². The Kier molecular flexibility index (Phi) is 5.79. The number of anilines is 1. The van der Waals surface area contributed by atoms with Gasteiger partial charge < -0.3 is 9.80 Å². The second kappa shape index (κ2) is 8.66. The lowest BCUT2D eigenvalue weighted by molar-refractivity contribution is 0.0746. The van der Waals surface area contributed by atoms with Crippen LogP contribution in [0.3, 0.4) is 0 Å². The number of hydrogen-bond donors (Lipinski definition) is 0. The van der Waals surface area contributed by atoms with Gasteiger partial charge in [-0.05, 0) is 44.0 Å². The van der Waals surface area contributed by atoms with E-state index in [0.29, 0.717) is 13.1 Å². The molecule has 0 bridgehead atoms. The predicted molar refractivity (Wildman–Crippen MR) is 121 cm³/mol. The molecule has 2 heterocycles. The lowest BCUT2D eigenvalue weighted by atomic mass is 10.1. The molecule has 0 spiro atoms. The highest BCUT2D eigenvalue weighted by molar-refractivity contribution is 5.94. The van der Waals surface area contributed by atoms with Crippen LogP contribution in [0.25, 0.3) is 11.4 Å². The topological polar surface area (TPSA) is 49.3 Å². The molecule has 1 aliphatic heterocycles. The van der Waals surface area contributed by atoms with Crippen molar-refractivity contribution in [2.24, 2.45) is 0 Å². The third-order valence-electron chi connectivity index (χ3n) is 5.62. The van der Waals surface area contributed by atoms with Gasteiger partial charge in [0.25, 0.3) is 5.91 Å². The van der Waals surface area contributed by atoms with E-state index in [0.717, 1.165) is 48.0 Å². The zero-order valence-corrected chi connectivity index (χ0v) is 17.9. The number of piperazine rings is 1. The Morgan fingerprint density at radius 3 is 2.33 bits per heavy atom. The molecule has 0 aliphatic carbocycles. The predicted octanol–water partition coefficient (Wildman–Crippen LogP) is 4.29. The summed E-state index contributed by atoms with van der Waals surface area (Å²) in [6.07, 6.45) is 0.982. The van der Waals surface area contributed by atoms with Crippen LogP contribution in [-0.4, -0.2) is 47.0 Å². The highest BCUT2D eigenvalue weighted by Gasteiger charge is 2.23. The summed E-state index contributed by atoms with van der Waals surface area (Å²) in [5.74, 6) is 1.79. The molecule has 154 valence electrons. The van der Waals surface area contributed by atoms with Gasteiger partial charge >= 0.3 is 0 Å². The minimum absolute atomic E-state index is 0.108. The zero-order chi connectivity index (χ0) is 21.1. The van der Waals surface area contributed by atoms with Crippen molar-refractivity contribution in [1.82, 2.24) is 14.9 Å². The van der Waals surface area contributed by atoms with Crippen LogP contribution in [0.15, 0.2) is 54.6 Å². The monoisotopic (exact) mass is 400 g/mol. The minimum atomic E-state index is 0.108. The van der Waals surface area contributed by atoms with Crippen molar-refractivity contribution < 1.29 is 4.79 Å². The van der Waals surface area contributed by atoms with Crippen LogP contribution >= 0.6 is 0 Å². The third-order valence-corrected chi connectivity index (χ3v) is 5.62. The van der Waals surface area contributed by atoms with Gasteiger partial charge in [-0.25, -0.2) is 9.97 Å². The van der Waals surface area contributed by atoms with Crippen LogP contribution in [0.2, 0.25) is 0 Å². The molecular weight excluding hydrogens is 372 g/mol. The molecule has 0 atom stereocenters. The van der Waals surface area contributed by atoms with Gasteiger partial charge in [0.2, 0.25) is 0 Å². The number of aromatic nitrogens is 2. The maximum Gasteiger partial charge on any atom is 0.253 e. The fourth-order valence-electron chi connectivity index (χ4n) is 3.83. The average molecular weight is 401 g/mol. The molecule has 5 heteroatoms. The van der Waals surface area contributed by atoms with E-state index in [1.54, 1.807) is 0 Å². The summed E-state index contributed by atoms with van der Waals surface area (Å²) in [5.41, 5.74) is 5.19. The van der Waals surface area contributed by atoms with E-state index < -0.39 is 0 Å². The summed E-state index contributed by atoms with van der Waals surface area (Å²) in [5, 5.41) is 0. The second-order valence-corrected chi connectivity index (χ2v) is 7.89. The molecule has 0 saturated carbocycles. The van der Waals surface area contributed by atoms with E-state index in [-0.39, 0.29) is 5.91 Å². The SMILES string of the molecule is CCc1ccc(C(=O)N2CCN(c3cc(C)nc(-c4cccc(C)c4)n3)CC2)cc1. The standard InChI is InChI=1S/C25H28N4O/c1-4-20-8-10-21(11-9-20)25(30)29-14-12-28(13-15-29)23-17-19(3)26-24(27-23)22-7-5-6-18(2)16-22/h5-11,16-17H,4,12-15H2,1-3H3. The summed E-state index contributed by atoms with van der Waals surface area (Å²) in [7, 11) is 0. The van der Waals surface area contributed by atoms with Crippen molar-refractivity contribution >= 4 is 11.7 Å². The van der Waals surface area contributed by atoms with Crippen molar-refractivity contribution in [3.05, 3.63) is 77.0 Å². The molecule has 30 heavy (non-hydrogen) atoms. The number of hydrogen-bond acceptors (Lipinski definition) is 4. The van der Waals surface area contributed by atoms with Gasteiger partial charge in [-0.1, -0.05) is 42.8 Å². The zero-order valence-electron chi connectivity index (χ0n) is 17.9. The van der Waals surface area contributed by atoms with Gasteiger partial charge in [0.1, 0.15) is 5.82 Å². The molecule has 1 saturated heterocycles. The summed E-state index contributed by atoms with van der Waals surface area (Å²) in [6, 6.07) is 18.3. The highest BCUT2D eigenvalue weighted by atomic mass is 16.2. The first-order valence-electron chi connectivity index (χ1n) is 10.6. The van der Waals surface area contributed by atoms with Gasteiger partial charge in [0.05, 0.1) is 0 Å². The molecule has 1 amide bonds. The summed E-state index contributed by atoms with van der Waals surface area (Å²) in [4.78, 5) is 26.5. The Labute approximate surface area is 178 Å². The van der Waals surface area contributed by atoms with E-state index in [9.17, 15) is 4.79 Å². The number of carbonyl (C=O) groups is 1. The van der Waals surface area contributed by atoms with E-state index >= 15 is 0 Å². The first kappa shape index (κ1) is 20.1. The van der Waals surface area contributed by atoms with E-state index in [1.807, 2.05) is 54.3 Å². The van der Waals surface area contributed by atoms with Crippen molar-refractivity contribution in [3.8, 4) is 11.4 Å². The molecule has 0 unspecified atom stereocenters. The third kappa shape index (κ3) is 4.35. The molecule has 5 nitrogen and oxygen atoms in total. The maximum absolute atomic E-state index is 12.8.